The maximum atomic E-state index is 6.16. The summed E-state index contributed by atoms with van der Waals surface area (Å²) in [6.07, 6.45) is 1.72. The standard InChI is InChI=1S/C12H21N3S/c1-8-5-6-15-11(14)10(8)9(13)7-16-12(2,3)4/h5-6,9H,7,13H2,1-4H3,(H2,14,15). The summed E-state index contributed by atoms with van der Waals surface area (Å²) in [7, 11) is 0. The molecular formula is C12H21N3S. The molecule has 3 nitrogen and oxygen atoms in total. The van der Waals surface area contributed by atoms with Crippen LogP contribution in [0.3, 0.4) is 0 Å². The summed E-state index contributed by atoms with van der Waals surface area (Å²) in [5.74, 6) is 1.42. The van der Waals surface area contributed by atoms with Crippen molar-refractivity contribution in [2.45, 2.75) is 38.5 Å². The highest BCUT2D eigenvalue weighted by atomic mass is 32.2. The lowest BCUT2D eigenvalue weighted by molar-refractivity contribution is 0.775. The second kappa shape index (κ2) is 5.06. The van der Waals surface area contributed by atoms with Gasteiger partial charge in [0.25, 0.3) is 0 Å². The molecule has 0 amide bonds. The number of hydrogen-bond donors (Lipinski definition) is 2. The average Bonchev–Trinajstić information content (AvgIpc) is 2.13. The number of anilines is 1. The monoisotopic (exact) mass is 239 g/mol. The summed E-state index contributed by atoms with van der Waals surface area (Å²) in [4.78, 5) is 4.09. The second-order valence-corrected chi connectivity index (χ2v) is 6.80. The lowest BCUT2D eigenvalue weighted by Gasteiger charge is -2.22. The number of pyridine rings is 1. The van der Waals surface area contributed by atoms with E-state index in [2.05, 4.69) is 25.8 Å². The quantitative estimate of drug-likeness (QED) is 0.850. The van der Waals surface area contributed by atoms with Crippen molar-refractivity contribution >= 4 is 17.6 Å². The SMILES string of the molecule is Cc1ccnc(N)c1C(N)CSC(C)(C)C. The van der Waals surface area contributed by atoms with Gasteiger partial charge < -0.3 is 11.5 Å². The number of thioether (sulfide) groups is 1. The van der Waals surface area contributed by atoms with E-state index in [1.807, 2.05) is 24.8 Å². The fourth-order valence-electron chi connectivity index (χ4n) is 1.50. The molecule has 0 aliphatic rings. The summed E-state index contributed by atoms with van der Waals surface area (Å²) in [5.41, 5.74) is 14.1. The van der Waals surface area contributed by atoms with Crippen molar-refractivity contribution < 1.29 is 0 Å². The summed E-state index contributed by atoms with van der Waals surface area (Å²) >= 11 is 1.85. The molecule has 0 bridgehead atoms. The fraction of sp³-hybridized carbons (Fsp3) is 0.583. The molecule has 1 atom stereocenters. The van der Waals surface area contributed by atoms with Gasteiger partial charge in [0, 0.05) is 28.3 Å². The van der Waals surface area contributed by atoms with Crippen LogP contribution in [0.5, 0.6) is 0 Å². The largest absolute Gasteiger partial charge is 0.383 e. The summed E-state index contributed by atoms with van der Waals surface area (Å²) in [6.45, 7) is 8.58. The number of rotatable bonds is 3. The van der Waals surface area contributed by atoms with Gasteiger partial charge in [0.05, 0.1) is 0 Å². The summed E-state index contributed by atoms with van der Waals surface area (Å²) < 4.78 is 0.225. The highest BCUT2D eigenvalue weighted by Crippen LogP contribution is 2.29. The van der Waals surface area contributed by atoms with Crippen molar-refractivity contribution in [1.82, 2.24) is 4.98 Å². The molecule has 0 radical (unpaired) electrons. The molecule has 1 aromatic rings. The normalized spacial score (nSPS) is 13.8. The molecule has 0 aliphatic heterocycles. The zero-order chi connectivity index (χ0) is 12.3. The second-order valence-electron chi connectivity index (χ2n) is 4.96. The fourth-order valence-corrected chi connectivity index (χ4v) is 2.34. The van der Waals surface area contributed by atoms with Crippen molar-refractivity contribution in [3.63, 3.8) is 0 Å². The van der Waals surface area contributed by atoms with Crippen LogP contribution in [0.1, 0.15) is 37.9 Å². The Balaban J connectivity index is 2.77. The van der Waals surface area contributed by atoms with Gasteiger partial charge in [-0.1, -0.05) is 20.8 Å². The van der Waals surface area contributed by atoms with Crippen molar-refractivity contribution in [2.75, 3.05) is 11.5 Å². The third-order valence-electron chi connectivity index (χ3n) is 2.31. The predicted molar refractivity (Wildman–Crippen MR) is 72.5 cm³/mol. The number of hydrogen-bond acceptors (Lipinski definition) is 4. The van der Waals surface area contributed by atoms with Gasteiger partial charge in [0.15, 0.2) is 0 Å². The molecule has 1 heterocycles. The van der Waals surface area contributed by atoms with E-state index in [-0.39, 0.29) is 10.8 Å². The molecular weight excluding hydrogens is 218 g/mol. The van der Waals surface area contributed by atoms with Gasteiger partial charge in [0.2, 0.25) is 0 Å². The maximum absolute atomic E-state index is 6.16. The van der Waals surface area contributed by atoms with E-state index >= 15 is 0 Å². The Morgan fingerprint density at radius 3 is 2.56 bits per heavy atom. The summed E-state index contributed by atoms with van der Waals surface area (Å²) in [5, 5.41) is 0. The Hall–Kier alpha value is -0.740. The highest BCUT2D eigenvalue weighted by Gasteiger charge is 2.17. The number of nitrogens with zero attached hydrogens (tertiary/aromatic N) is 1. The molecule has 0 aliphatic carbocycles. The topological polar surface area (TPSA) is 64.9 Å². The van der Waals surface area contributed by atoms with Crippen molar-refractivity contribution in [3.8, 4) is 0 Å². The number of aryl methyl sites for hydroxylation is 1. The lowest BCUT2D eigenvalue weighted by Crippen LogP contribution is -2.20. The van der Waals surface area contributed by atoms with Crippen LogP contribution in [0.25, 0.3) is 0 Å². The minimum absolute atomic E-state index is 0.0436. The van der Waals surface area contributed by atoms with Crippen LogP contribution in [0.15, 0.2) is 12.3 Å². The van der Waals surface area contributed by atoms with E-state index in [0.29, 0.717) is 5.82 Å². The van der Waals surface area contributed by atoms with E-state index < -0.39 is 0 Å². The Morgan fingerprint density at radius 2 is 2.06 bits per heavy atom. The number of nitrogen functional groups attached to an aromatic ring is 1. The van der Waals surface area contributed by atoms with Gasteiger partial charge in [-0.3, -0.25) is 0 Å². The first-order valence-corrected chi connectivity index (χ1v) is 6.40. The predicted octanol–water partition coefficient (Wildman–Crippen LogP) is 2.50. The van der Waals surface area contributed by atoms with Crippen LogP contribution in [-0.2, 0) is 0 Å². The van der Waals surface area contributed by atoms with Gasteiger partial charge in [-0.25, -0.2) is 4.98 Å². The van der Waals surface area contributed by atoms with Gasteiger partial charge >= 0.3 is 0 Å². The first-order chi connectivity index (χ1) is 7.31. The summed E-state index contributed by atoms with van der Waals surface area (Å²) in [6, 6.07) is 1.91. The Labute approximate surface area is 102 Å². The Morgan fingerprint density at radius 1 is 1.44 bits per heavy atom. The van der Waals surface area contributed by atoms with Crippen LogP contribution in [0.2, 0.25) is 0 Å². The lowest BCUT2D eigenvalue weighted by atomic mass is 10.1. The molecule has 0 fully saturated rings. The van der Waals surface area contributed by atoms with Crippen LogP contribution >= 0.6 is 11.8 Å². The molecule has 1 rings (SSSR count). The van der Waals surface area contributed by atoms with Crippen molar-refractivity contribution in [1.29, 1.82) is 0 Å². The minimum atomic E-state index is -0.0436. The van der Waals surface area contributed by atoms with Crippen molar-refractivity contribution in [3.05, 3.63) is 23.4 Å². The van der Waals surface area contributed by atoms with E-state index in [1.165, 1.54) is 0 Å². The van der Waals surface area contributed by atoms with Crippen LogP contribution in [0, 0.1) is 6.92 Å². The van der Waals surface area contributed by atoms with E-state index in [1.54, 1.807) is 6.20 Å². The van der Waals surface area contributed by atoms with Gasteiger partial charge in [-0.05, 0) is 18.6 Å². The molecule has 0 spiro atoms. The van der Waals surface area contributed by atoms with Crippen molar-refractivity contribution in [2.24, 2.45) is 5.73 Å². The van der Waals surface area contributed by atoms with E-state index in [9.17, 15) is 0 Å². The molecule has 0 aromatic carbocycles. The number of aromatic nitrogens is 1. The zero-order valence-electron chi connectivity index (χ0n) is 10.4. The van der Waals surface area contributed by atoms with Crippen LogP contribution in [0.4, 0.5) is 5.82 Å². The van der Waals surface area contributed by atoms with E-state index in [0.717, 1.165) is 16.9 Å². The molecule has 4 N–H and O–H groups in total. The molecule has 0 saturated carbocycles. The molecule has 90 valence electrons. The average molecular weight is 239 g/mol. The highest BCUT2D eigenvalue weighted by molar-refractivity contribution is 8.00. The first kappa shape index (κ1) is 13.3. The van der Waals surface area contributed by atoms with Gasteiger partial charge in [-0.15, -0.1) is 0 Å². The minimum Gasteiger partial charge on any atom is -0.383 e. The third kappa shape index (κ3) is 3.68. The molecule has 0 saturated heterocycles. The number of nitrogens with two attached hydrogens (primary N) is 2. The smallest absolute Gasteiger partial charge is 0.128 e. The molecule has 1 aromatic heterocycles. The molecule has 1 unspecified atom stereocenters. The van der Waals surface area contributed by atoms with Gasteiger partial charge in [0.1, 0.15) is 5.82 Å². The van der Waals surface area contributed by atoms with Crippen LogP contribution in [-0.4, -0.2) is 15.5 Å². The first-order valence-electron chi connectivity index (χ1n) is 5.42. The Kier molecular flexibility index (Phi) is 4.21. The Bertz CT molecular complexity index is 338. The third-order valence-corrected chi connectivity index (χ3v) is 3.70. The molecule has 4 heteroatoms. The van der Waals surface area contributed by atoms with Gasteiger partial charge in [-0.2, -0.15) is 11.8 Å². The molecule has 16 heavy (non-hydrogen) atoms. The van der Waals surface area contributed by atoms with Crippen LogP contribution < -0.4 is 11.5 Å². The maximum Gasteiger partial charge on any atom is 0.128 e. The zero-order valence-corrected chi connectivity index (χ0v) is 11.3. The van der Waals surface area contributed by atoms with E-state index in [4.69, 9.17) is 11.5 Å².